The summed E-state index contributed by atoms with van der Waals surface area (Å²) in [5.41, 5.74) is 0.995. The molecule has 1 fully saturated rings. The summed E-state index contributed by atoms with van der Waals surface area (Å²) >= 11 is 5.92. The van der Waals surface area contributed by atoms with Crippen LogP contribution in [-0.2, 0) is 11.0 Å². The topological polar surface area (TPSA) is 117 Å². The largest absolute Gasteiger partial charge is 0.506 e. The Morgan fingerprint density at radius 1 is 1.11 bits per heavy atom. The molecule has 2 atom stereocenters. The zero-order valence-electron chi connectivity index (χ0n) is 17.7. The van der Waals surface area contributed by atoms with E-state index in [0.29, 0.717) is 22.6 Å². The number of H-pyrrole nitrogens is 1. The number of aromatic amines is 1. The molecule has 0 spiro atoms. The van der Waals surface area contributed by atoms with Gasteiger partial charge in [0.2, 0.25) is 11.7 Å². The van der Waals surface area contributed by atoms with Crippen molar-refractivity contribution in [2.45, 2.75) is 18.5 Å². The van der Waals surface area contributed by atoms with Crippen LogP contribution in [0.25, 0.3) is 22.5 Å². The SMILES string of the molecule is O=C(Nc1cc(-c2nn[nH]n2)c(-c2ccc(C(F)(F)F)nc2)cc1O)[C@@H]1C[C@H]1c1ccc(Cl)cc1. The van der Waals surface area contributed by atoms with Gasteiger partial charge in [-0.05, 0) is 59.0 Å². The number of hydrogen-bond acceptors (Lipinski definition) is 6. The molecule has 2 aromatic carbocycles. The smallest absolute Gasteiger partial charge is 0.433 e. The van der Waals surface area contributed by atoms with Gasteiger partial charge in [-0.25, -0.2) is 0 Å². The average molecular weight is 501 g/mol. The number of carbonyl (C=O) groups excluding carboxylic acids is 1. The third-order valence-electron chi connectivity index (χ3n) is 5.77. The molecular weight excluding hydrogens is 485 g/mol. The number of hydrogen-bond donors (Lipinski definition) is 3. The highest BCUT2D eigenvalue weighted by atomic mass is 35.5. The zero-order chi connectivity index (χ0) is 24.7. The zero-order valence-corrected chi connectivity index (χ0v) is 18.5. The number of nitrogens with one attached hydrogen (secondary N) is 2. The van der Waals surface area contributed by atoms with Crippen LogP contribution in [0.5, 0.6) is 5.75 Å². The summed E-state index contributed by atoms with van der Waals surface area (Å²) in [4.78, 5) is 16.3. The molecule has 8 nitrogen and oxygen atoms in total. The van der Waals surface area contributed by atoms with E-state index >= 15 is 0 Å². The summed E-state index contributed by atoms with van der Waals surface area (Å²) in [6, 6.07) is 12.1. The molecule has 2 heterocycles. The lowest BCUT2D eigenvalue weighted by molar-refractivity contribution is -0.141. The number of benzene rings is 2. The fourth-order valence-electron chi connectivity index (χ4n) is 3.90. The first kappa shape index (κ1) is 22.8. The number of anilines is 1. The number of aromatic hydroxyl groups is 1. The van der Waals surface area contributed by atoms with E-state index in [2.05, 4.69) is 30.9 Å². The monoisotopic (exact) mass is 500 g/mol. The number of nitrogens with zero attached hydrogens (tertiary/aromatic N) is 4. The first-order valence-electron chi connectivity index (χ1n) is 10.4. The number of halogens is 4. The van der Waals surface area contributed by atoms with Gasteiger partial charge in [0.05, 0.1) is 5.69 Å². The normalized spacial score (nSPS) is 17.3. The van der Waals surface area contributed by atoms with Crippen LogP contribution in [-0.4, -0.2) is 36.6 Å². The van der Waals surface area contributed by atoms with Gasteiger partial charge in [0.15, 0.2) is 0 Å². The number of alkyl halides is 3. The number of phenols is 1. The summed E-state index contributed by atoms with van der Waals surface area (Å²) in [5, 5.41) is 27.7. The van der Waals surface area contributed by atoms with Crippen molar-refractivity contribution in [2.24, 2.45) is 5.92 Å². The molecule has 3 N–H and O–H groups in total. The summed E-state index contributed by atoms with van der Waals surface area (Å²) < 4.78 is 38.7. The number of aromatic nitrogens is 5. The van der Waals surface area contributed by atoms with E-state index in [9.17, 15) is 23.1 Å². The number of amides is 1. The Kier molecular flexibility index (Phi) is 5.64. The van der Waals surface area contributed by atoms with Crippen molar-refractivity contribution in [3.63, 3.8) is 0 Å². The van der Waals surface area contributed by atoms with Crippen LogP contribution < -0.4 is 5.32 Å². The van der Waals surface area contributed by atoms with Gasteiger partial charge in [-0.2, -0.15) is 18.4 Å². The van der Waals surface area contributed by atoms with E-state index in [0.717, 1.165) is 17.8 Å². The van der Waals surface area contributed by atoms with Gasteiger partial charge in [-0.3, -0.25) is 9.78 Å². The van der Waals surface area contributed by atoms with Crippen molar-refractivity contribution in [1.29, 1.82) is 0 Å². The van der Waals surface area contributed by atoms with E-state index in [1.54, 1.807) is 12.1 Å². The molecule has 5 rings (SSSR count). The summed E-state index contributed by atoms with van der Waals surface area (Å²) in [6.45, 7) is 0. The summed E-state index contributed by atoms with van der Waals surface area (Å²) in [5.74, 6) is -0.653. The molecule has 178 valence electrons. The van der Waals surface area contributed by atoms with Gasteiger partial charge in [0, 0.05) is 28.3 Å². The molecule has 0 bridgehead atoms. The second kappa shape index (κ2) is 8.66. The molecule has 1 amide bonds. The van der Waals surface area contributed by atoms with Gasteiger partial charge in [-0.15, -0.1) is 10.2 Å². The fraction of sp³-hybridized carbons (Fsp3) is 0.174. The Hall–Kier alpha value is -3.99. The Morgan fingerprint density at radius 2 is 1.89 bits per heavy atom. The molecule has 1 aliphatic rings. The molecule has 2 aromatic heterocycles. The van der Waals surface area contributed by atoms with Crippen LogP contribution >= 0.6 is 11.6 Å². The maximum atomic E-state index is 12.9. The molecule has 0 saturated heterocycles. The molecule has 35 heavy (non-hydrogen) atoms. The number of phenolic OH excluding ortho intramolecular Hbond substituents is 1. The maximum absolute atomic E-state index is 12.9. The van der Waals surface area contributed by atoms with Crippen LogP contribution in [0.2, 0.25) is 5.02 Å². The standard InChI is InChI=1S/C23H16ClF3N6O2/c24-13-4-1-11(2-5-13)14-7-17(14)22(35)29-18-8-16(21-30-32-33-31-21)15(9-19(18)34)12-3-6-20(28-10-12)23(25,26)27/h1-6,8-10,14,17,34H,7H2,(H,29,35)(H,30,31,32,33)/t14-,17+/m0/s1. The molecular formula is C23H16ClF3N6O2. The fourth-order valence-corrected chi connectivity index (χ4v) is 4.02. The van der Waals surface area contributed by atoms with Crippen LogP contribution in [0.1, 0.15) is 23.6 Å². The second-order valence-corrected chi connectivity index (χ2v) is 8.51. The van der Waals surface area contributed by atoms with E-state index in [1.165, 1.54) is 18.2 Å². The summed E-state index contributed by atoms with van der Waals surface area (Å²) in [6.07, 6.45) is -2.89. The minimum Gasteiger partial charge on any atom is -0.506 e. The average Bonchev–Trinajstić information content (AvgIpc) is 3.44. The second-order valence-electron chi connectivity index (χ2n) is 8.07. The number of carbonyl (C=O) groups is 1. The Morgan fingerprint density at radius 3 is 2.51 bits per heavy atom. The van der Waals surface area contributed by atoms with Crippen molar-refractivity contribution < 1.29 is 23.1 Å². The lowest BCUT2D eigenvalue weighted by Gasteiger charge is -2.14. The Balaban J connectivity index is 1.43. The predicted octanol–water partition coefficient (Wildman–Crippen LogP) is 5.05. The highest BCUT2D eigenvalue weighted by Gasteiger charge is 2.44. The molecule has 0 aliphatic heterocycles. The van der Waals surface area contributed by atoms with Gasteiger partial charge in [0.25, 0.3) is 0 Å². The van der Waals surface area contributed by atoms with E-state index < -0.39 is 11.9 Å². The first-order valence-corrected chi connectivity index (χ1v) is 10.8. The molecule has 1 saturated carbocycles. The Labute approximate surface area is 201 Å². The van der Waals surface area contributed by atoms with Crippen LogP contribution in [0.15, 0.2) is 54.7 Å². The van der Waals surface area contributed by atoms with E-state index in [1.807, 2.05) is 12.1 Å². The van der Waals surface area contributed by atoms with Crippen LogP contribution in [0.4, 0.5) is 18.9 Å². The van der Waals surface area contributed by atoms with Crippen molar-refractivity contribution >= 4 is 23.2 Å². The molecule has 0 unspecified atom stereocenters. The quantitative estimate of drug-likeness (QED) is 0.330. The highest BCUT2D eigenvalue weighted by molar-refractivity contribution is 6.30. The van der Waals surface area contributed by atoms with Gasteiger partial charge < -0.3 is 10.4 Å². The lowest BCUT2D eigenvalue weighted by Crippen LogP contribution is -2.15. The van der Waals surface area contributed by atoms with Crippen molar-refractivity contribution in [3.8, 4) is 28.3 Å². The van der Waals surface area contributed by atoms with Gasteiger partial charge in [-0.1, -0.05) is 29.8 Å². The van der Waals surface area contributed by atoms with Crippen molar-refractivity contribution in [1.82, 2.24) is 25.6 Å². The van der Waals surface area contributed by atoms with E-state index in [-0.39, 0.29) is 40.6 Å². The van der Waals surface area contributed by atoms with Crippen LogP contribution in [0, 0.1) is 5.92 Å². The van der Waals surface area contributed by atoms with E-state index in [4.69, 9.17) is 11.6 Å². The van der Waals surface area contributed by atoms with Gasteiger partial charge in [0.1, 0.15) is 11.4 Å². The molecule has 1 aliphatic carbocycles. The van der Waals surface area contributed by atoms with Crippen molar-refractivity contribution in [3.05, 3.63) is 71.0 Å². The number of pyridine rings is 1. The van der Waals surface area contributed by atoms with Crippen molar-refractivity contribution in [2.75, 3.05) is 5.32 Å². The molecule has 12 heteroatoms. The maximum Gasteiger partial charge on any atom is 0.433 e. The third-order valence-corrected chi connectivity index (χ3v) is 6.02. The number of tetrazole rings is 1. The van der Waals surface area contributed by atoms with Gasteiger partial charge >= 0.3 is 6.18 Å². The number of rotatable bonds is 5. The minimum absolute atomic E-state index is 0.0450. The highest BCUT2D eigenvalue weighted by Crippen LogP contribution is 2.48. The summed E-state index contributed by atoms with van der Waals surface area (Å²) in [7, 11) is 0. The minimum atomic E-state index is -4.59. The first-order chi connectivity index (χ1) is 16.7. The third kappa shape index (κ3) is 4.67. The predicted molar refractivity (Wildman–Crippen MR) is 120 cm³/mol. The lowest BCUT2D eigenvalue weighted by atomic mass is 9.98. The molecule has 4 aromatic rings. The Bertz CT molecular complexity index is 1380. The van der Waals surface area contributed by atoms with Crippen LogP contribution in [0.3, 0.4) is 0 Å². The molecule has 0 radical (unpaired) electrons.